The fourth-order valence-electron chi connectivity index (χ4n) is 2.51. The first-order chi connectivity index (χ1) is 11.8. The van der Waals surface area contributed by atoms with E-state index in [1.54, 1.807) is 12.3 Å². The molecule has 4 heteroatoms. The van der Waals surface area contributed by atoms with Crippen molar-refractivity contribution in [2.75, 3.05) is 0 Å². The first kappa shape index (κ1) is 15.7. The number of hydrogen-bond donors (Lipinski definition) is 2. The monoisotopic (exact) mass is 317 g/mol. The summed E-state index contributed by atoms with van der Waals surface area (Å²) in [6, 6.07) is 18.0. The van der Waals surface area contributed by atoms with Crippen LogP contribution < -0.4 is 5.43 Å². The number of nitrogens with zero attached hydrogens (tertiary/aromatic N) is 1. The predicted molar refractivity (Wildman–Crippen MR) is 98.7 cm³/mol. The fraction of sp³-hybridized carbons (Fsp3) is 0.100. The molecule has 3 aromatic rings. The van der Waals surface area contributed by atoms with Crippen LogP contribution in [0.25, 0.3) is 17.0 Å². The van der Waals surface area contributed by atoms with E-state index in [1.807, 2.05) is 60.8 Å². The number of aromatic amines is 1. The van der Waals surface area contributed by atoms with Gasteiger partial charge in [0.05, 0.1) is 0 Å². The van der Waals surface area contributed by atoms with Gasteiger partial charge in [0.15, 0.2) is 0 Å². The Balaban J connectivity index is 1.46. The average Bonchev–Trinajstić information content (AvgIpc) is 3.04. The number of para-hydroxylation sites is 1. The smallest absolute Gasteiger partial charge is 0.240 e. The van der Waals surface area contributed by atoms with E-state index in [2.05, 4.69) is 21.6 Å². The molecule has 1 aromatic heterocycles. The minimum absolute atomic E-state index is 0.0929. The molecule has 24 heavy (non-hydrogen) atoms. The molecule has 0 fully saturated rings. The Morgan fingerprint density at radius 1 is 1.08 bits per heavy atom. The second-order valence-corrected chi connectivity index (χ2v) is 5.44. The second-order valence-electron chi connectivity index (χ2n) is 5.44. The van der Waals surface area contributed by atoms with Crippen LogP contribution in [0.1, 0.15) is 17.5 Å². The molecule has 0 saturated heterocycles. The Morgan fingerprint density at radius 2 is 1.88 bits per heavy atom. The van der Waals surface area contributed by atoms with Gasteiger partial charge in [-0.3, -0.25) is 4.79 Å². The number of carbonyl (C=O) groups is 1. The van der Waals surface area contributed by atoms with Gasteiger partial charge in [0, 0.05) is 29.7 Å². The van der Waals surface area contributed by atoms with Crippen molar-refractivity contribution in [2.24, 2.45) is 5.10 Å². The lowest BCUT2D eigenvalue weighted by Crippen LogP contribution is -2.17. The van der Waals surface area contributed by atoms with E-state index < -0.39 is 0 Å². The van der Waals surface area contributed by atoms with Gasteiger partial charge in [-0.25, -0.2) is 5.43 Å². The third-order valence-electron chi connectivity index (χ3n) is 3.73. The van der Waals surface area contributed by atoms with Crippen LogP contribution in [-0.4, -0.2) is 17.1 Å². The summed E-state index contributed by atoms with van der Waals surface area (Å²) >= 11 is 0. The zero-order chi connectivity index (χ0) is 16.6. The summed E-state index contributed by atoms with van der Waals surface area (Å²) in [6.45, 7) is 0. The molecular weight excluding hydrogens is 298 g/mol. The lowest BCUT2D eigenvalue weighted by Gasteiger charge is -1.99. The second kappa shape index (κ2) is 7.92. The van der Waals surface area contributed by atoms with Gasteiger partial charge in [0.25, 0.3) is 0 Å². The normalized spacial score (nSPS) is 11.5. The van der Waals surface area contributed by atoms with Crippen molar-refractivity contribution in [1.29, 1.82) is 0 Å². The maximum absolute atomic E-state index is 11.8. The maximum Gasteiger partial charge on any atom is 0.240 e. The molecule has 0 aliphatic rings. The molecule has 1 amide bonds. The van der Waals surface area contributed by atoms with Crippen molar-refractivity contribution in [3.63, 3.8) is 0 Å². The average molecular weight is 317 g/mol. The molecule has 0 radical (unpaired) electrons. The molecular formula is C20H19N3O. The highest BCUT2D eigenvalue weighted by molar-refractivity contribution is 5.84. The fourth-order valence-corrected chi connectivity index (χ4v) is 2.51. The number of rotatable bonds is 6. The molecule has 0 aliphatic carbocycles. The number of carbonyl (C=O) groups excluding carboxylic acids is 1. The topological polar surface area (TPSA) is 57.2 Å². The van der Waals surface area contributed by atoms with E-state index in [0.717, 1.165) is 16.6 Å². The number of allylic oxidation sites excluding steroid dienone is 1. The third-order valence-corrected chi connectivity index (χ3v) is 3.73. The van der Waals surface area contributed by atoms with Gasteiger partial charge < -0.3 is 4.98 Å². The van der Waals surface area contributed by atoms with Gasteiger partial charge in [-0.1, -0.05) is 54.6 Å². The molecule has 0 atom stereocenters. The van der Waals surface area contributed by atoms with E-state index in [0.29, 0.717) is 12.8 Å². The SMILES string of the molecule is O=C(CCc1c[nH]c2ccccc12)N/N=C/C=C/c1ccccc1. The van der Waals surface area contributed by atoms with Crippen LogP contribution >= 0.6 is 0 Å². The van der Waals surface area contributed by atoms with Crippen LogP contribution in [0, 0.1) is 0 Å². The quantitative estimate of drug-likeness (QED) is 0.525. The molecule has 1 heterocycles. The van der Waals surface area contributed by atoms with Crippen LogP contribution in [0.4, 0.5) is 0 Å². The lowest BCUT2D eigenvalue weighted by molar-refractivity contribution is -0.121. The number of hydrogen-bond acceptors (Lipinski definition) is 2. The van der Waals surface area contributed by atoms with E-state index in [1.165, 1.54) is 5.39 Å². The number of H-pyrrole nitrogens is 1. The van der Waals surface area contributed by atoms with Gasteiger partial charge in [-0.15, -0.1) is 0 Å². The van der Waals surface area contributed by atoms with E-state index >= 15 is 0 Å². The number of fused-ring (bicyclic) bond motifs is 1. The Bertz CT molecular complexity index is 863. The van der Waals surface area contributed by atoms with E-state index in [9.17, 15) is 4.79 Å². The first-order valence-electron chi connectivity index (χ1n) is 7.91. The summed E-state index contributed by atoms with van der Waals surface area (Å²) in [6.07, 6.45) is 8.37. The molecule has 2 N–H and O–H groups in total. The standard InChI is InChI=1S/C20H19N3O/c24-20(23-22-14-6-9-16-7-2-1-3-8-16)13-12-17-15-21-19-11-5-4-10-18(17)19/h1-11,14-15,21H,12-13H2,(H,23,24)/b9-6+,22-14+. The minimum Gasteiger partial charge on any atom is -0.361 e. The van der Waals surface area contributed by atoms with Crippen molar-refractivity contribution < 1.29 is 4.79 Å². The molecule has 3 rings (SSSR count). The van der Waals surface area contributed by atoms with Crippen LogP contribution in [0.3, 0.4) is 0 Å². The Kier molecular flexibility index (Phi) is 5.20. The van der Waals surface area contributed by atoms with Crippen molar-refractivity contribution in [3.05, 3.63) is 78.0 Å². The van der Waals surface area contributed by atoms with Crippen molar-refractivity contribution in [1.82, 2.24) is 10.4 Å². The lowest BCUT2D eigenvalue weighted by atomic mass is 10.1. The summed E-state index contributed by atoms with van der Waals surface area (Å²) in [7, 11) is 0. The van der Waals surface area contributed by atoms with Gasteiger partial charge in [0.2, 0.25) is 5.91 Å². The molecule has 0 spiro atoms. The molecule has 0 unspecified atom stereocenters. The summed E-state index contributed by atoms with van der Waals surface area (Å²) in [5, 5.41) is 5.10. The number of aryl methyl sites for hydroxylation is 1. The molecule has 0 saturated carbocycles. The number of hydrazone groups is 1. The van der Waals surface area contributed by atoms with Gasteiger partial charge in [-0.2, -0.15) is 5.10 Å². The Morgan fingerprint density at radius 3 is 2.75 bits per heavy atom. The highest BCUT2D eigenvalue weighted by Crippen LogP contribution is 2.18. The van der Waals surface area contributed by atoms with Crippen LogP contribution in [-0.2, 0) is 11.2 Å². The van der Waals surface area contributed by atoms with Gasteiger partial charge in [-0.05, 0) is 29.7 Å². The molecule has 0 bridgehead atoms. The summed E-state index contributed by atoms with van der Waals surface area (Å²) in [5.41, 5.74) is 5.88. The van der Waals surface area contributed by atoms with E-state index in [4.69, 9.17) is 0 Å². The third kappa shape index (κ3) is 4.20. The minimum atomic E-state index is -0.0929. The predicted octanol–water partition coefficient (Wildman–Crippen LogP) is 3.92. The zero-order valence-corrected chi connectivity index (χ0v) is 13.3. The van der Waals surface area contributed by atoms with Crippen molar-refractivity contribution in [3.8, 4) is 0 Å². The van der Waals surface area contributed by atoms with Crippen molar-refractivity contribution >= 4 is 29.1 Å². The van der Waals surface area contributed by atoms with Crippen LogP contribution in [0.2, 0.25) is 0 Å². The molecule has 4 nitrogen and oxygen atoms in total. The number of benzene rings is 2. The van der Waals surface area contributed by atoms with Crippen LogP contribution in [0.15, 0.2) is 72.0 Å². The highest BCUT2D eigenvalue weighted by Gasteiger charge is 2.05. The van der Waals surface area contributed by atoms with Crippen LogP contribution in [0.5, 0.6) is 0 Å². The maximum atomic E-state index is 11.8. The van der Waals surface area contributed by atoms with E-state index in [-0.39, 0.29) is 5.91 Å². The molecule has 2 aromatic carbocycles. The molecule has 120 valence electrons. The largest absolute Gasteiger partial charge is 0.361 e. The summed E-state index contributed by atoms with van der Waals surface area (Å²) in [5.74, 6) is -0.0929. The number of nitrogens with one attached hydrogen (secondary N) is 2. The Labute approximate surface area is 140 Å². The van der Waals surface area contributed by atoms with Gasteiger partial charge >= 0.3 is 0 Å². The number of amides is 1. The summed E-state index contributed by atoms with van der Waals surface area (Å²) < 4.78 is 0. The first-order valence-corrected chi connectivity index (χ1v) is 7.91. The Hall–Kier alpha value is -3.14. The molecule has 0 aliphatic heterocycles. The zero-order valence-electron chi connectivity index (χ0n) is 13.3. The number of aromatic nitrogens is 1. The van der Waals surface area contributed by atoms with Gasteiger partial charge in [0.1, 0.15) is 0 Å². The summed E-state index contributed by atoms with van der Waals surface area (Å²) in [4.78, 5) is 15.1. The van der Waals surface area contributed by atoms with Crippen molar-refractivity contribution in [2.45, 2.75) is 12.8 Å². The highest BCUT2D eigenvalue weighted by atomic mass is 16.2.